The molecule has 3 aliphatic rings. The Morgan fingerprint density at radius 3 is 2.80 bits per heavy atom. The van der Waals surface area contributed by atoms with Crippen molar-refractivity contribution in [1.29, 1.82) is 0 Å². The highest BCUT2D eigenvalue weighted by molar-refractivity contribution is 6.00. The second kappa shape index (κ2) is 7.71. The van der Waals surface area contributed by atoms with E-state index in [-0.39, 0.29) is 11.8 Å². The van der Waals surface area contributed by atoms with Crippen molar-refractivity contribution in [3.63, 3.8) is 0 Å². The molecule has 178 valence electrons. The first kappa shape index (κ1) is 20.8. The molecule has 2 aliphatic carbocycles. The number of hydrogen-bond acceptors (Lipinski definition) is 7. The second-order valence-corrected chi connectivity index (χ2v) is 9.92. The predicted octanol–water partition coefficient (Wildman–Crippen LogP) is 3.48. The zero-order valence-corrected chi connectivity index (χ0v) is 19.7. The van der Waals surface area contributed by atoms with Crippen LogP contribution in [-0.4, -0.2) is 56.8 Å². The van der Waals surface area contributed by atoms with Crippen LogP contribution < -0.4 is 10.2 Å². The number of nitrogens with zero attached hydrogens (tertiary/aromatic N) is 6. The van der Waals surface area contributed by atoms with Crippen molar-refractivity contribution in [1.82, 2.24) is 24.6 Å². The maximum Gasteiger partial charge on any atom is 0.229 e. The van der Waals surface area contributed by atoms with E-state index < -0.39 is 0 Å². The summed E-state index contributed by atoms with van der Waals surface area (Å²) >= 11 is 0. The summed E-state index contributed by atoms with van der Waals surface area (Å²) in [5.41, 5.74) is 3.98. The predicted molar refractivity (Wildman–Crippen MR) is 132 cm³/mol. The van der Waals surface area contributed by atoms with Gasteiger partial charge >= 0.3 is 0 Å². The standard InChI is InChI=1S/C26H27N7O2/c1-2-21-18-13-28-22(29-25(34)20-12-26(20)5-6-26)11-17(18)19(14-27-21)24-30-23-4-3-16(15-33(23)31-24)32-7-9-35-10-8-32/h3-4,11,13-15,20H,2,5-10,12H2,1H3,(H,28,29,34)/t20-/m0/s1. The zero-order chi connectivity index (χ0) is 23.6. The molecule has 4 aromatic rings. The summed E-state index contributed by atoms with van der Waals surface area (Å²) in [7, 11) is 0. The van der Waals surface area contributed by atoms with Crippen LogP contribution in [0.1, 0.15) is 31.9 Å². The second-order valence-electron chi connectivity index (χ2n) is 9.92. The van der Waals surface area contributed by atoms with Gasteiger partial charge < -0.3 is 15.0 Å². The molecule has 1 atom stereocenters. The lowest BCUT2D eigenvalue weighted by Gasteiger charge is -2.28. The molecule has 3 fully saturated rings. The average molecular weight is 470 g/mol. The molecule has 9 heteroatoms. The first-order valence-electron chi connectivity index (χ1n) is 12.4. The summed E-state index contributed by atoms with van der Waals surface area (Å²) in [6, 6.07) is 6.02. The fraction of sp³-hybridized carbons (Fsp3) is 0.423. The fourth-order valence-electron chi connectivity index (χ4n) is 5.36. The van der Waals surface area contributed by atoms with Gasteiger partial charge in [-0.2, -0.15) is 0 Å². The molecule has 2 saturated carbocycles. The number of aryl methyl sites for hydroxylation is 1. The van der Waals surface area contributed by atoms with Gasteiger partial charge in [0.15, 0.2) is 11.5 Å². The lowest BCUT2D eigenvalue weighted by Crippen LogP contribution is -2.36. The van der Waals surface area contributed by atoms with Crippen molar-refractivity contribution in [3.05, 3.63) is 42.5 Å². The smallest absolute Gasteiger partial charge is 0.229 e. The van der Waals surface area contributed by atoms with Crippen molar-refractivity contribution in [3.8, 4) is 11.4 Å². The van der Waals surface area contributed by atoms with Gasteiger partial charge in [0.1, 0.15) is 5.82 Å². The van der Waals surface area contributed by atoms with E-state index in [9.17, 15) is 4.79 Å². The Balaban J connectivity index is 1.26. The molecule has 0 unspecified atom stereocenters. The summed E-state index contributed by atoms with van der Waals surface area (Å²) in [5.74, 6) is 1.40. The minimum atomic E-state index is 0.0853. The Morgan fingerprint density at radius 2 is 2.03 bits per heavy atom. The van der Waals surface area contributed by atoms with Gasteiger partial charge in [0.05, 0.1) is 25.1 Å². The number of carbonyl (C=O) groups excluding carboxylic acids is 1. The molecular weight excluding hydrogens is 442 g/mol. The van der Waals surface area contributed by atoms with Gasteiger partial charge in [-0.3, -0.25) is 9.78 Å². The Morgan fingerprint density at radius 1 is 1.17 bits per heavy atom. The molecule has 1 N–H and O–H groups in total. The van der Waals surface area contributed by atoms with E-state index in [4.69, 9.17) is 14.8 Å². The quantitative estimate of drug-likeness (QED) is 0.478. The van der Waals surface area contributed by atoms with Gasteiger partial charge in [0.25, 0.3) is 0 Å². The van der Waals surface area contributed by atoms with Gasteiger partial charge in [0, 0.05) is 53.4 Å². The summed E-state index contributed by atoms with van der Waals surface area (Å²) in [4.78, 5) is 29.0. The largest absolute Gasteiger partial charge is 0.378 e. The summed E-state index contributed by atoms with van der Waals surface area (Å²) < 4.78 is 7.30. The van der Waals surface area contributed by atoms with Crippen LogP contribution >= 0.6 is 0 Å². The molecule has 9 nitrogen and oxygen atoms in total. The highest BCUT2D eigenvalue weighted by Crippen LogP contribution is 2.70. The number of aromatic nitrogens is 5. The molecule has 1 spiro atoms. The van der Waals surface area contributed by atoms with E-state index in [1.165, 1.54) is 12.8 Å². The lowest BCUT2D eigenvalue weighted by atomic mass is 10.1. The monoisotopic (exact) mass is 469 g/mol. The number of morpholine rings is 1. The maximum atomic E-state index is 12.7. The Hall–Kier alpha value is -3.59. The van der Waals surface area contributed by atoms with E-state index in [0.717, 1.165) is 72.5 Å². The number of anilines is 2. The van der Waals surface area contributed by atoms with E-state index >= 15 is 0 Å². The third-order valence-corrected chi connectivity index (χ3v) is 7.77. The first-order valence-corrected chi connectivity index (χ1v) is 12.4. The van der Waals surface area contributed by atoms with Crippen molar-refractivity contribution in [2.45, 2.75) is 32.6 Å². The van der Waals surface area contributed by atoms with Crippen LogP contribution in [0, 0.1) is 11.3 Å². The van der Waals surface area contributed by atoms with Crippen LogP contribution in [0.3, 0.4) is 0 Å². The SMILES string of the molecule is CCc1ncc(-c2nc3ccc(N4CCOCC4)cn3n2)c2cc(NC(=O)[C@@H]3CC34CC4)ncc12. The summed E-state index contributed by atoms with van der Waals surface area (Å²) in [6.07, 6.45) is 9.83. The molecule has 1 aliphatic heterocycles. The number of amides is 1. The lowest BCUT2D eigenvalue weighted by molar-refractivity contribution is -0.117. The van der Waals surface area contributed by atoms with Crippen LogP contribution in [0.4, 0.5) is 11.5 Å². The van der Waals surface area contributed by atoms with Crippen molar-refractivity contribution < 1.29 is 9.53 Å². The minimum absolute atomic E-state index is 0.0853. The van der Waals surface area contributed by atoms with E-state index in [1.807, 2.05) is 35.2 Å². The molecule has 35 heavy (non-hydrogen) atoms. The molecular formula is C26H27N7O2. The molecule has 7 rings (SSSR count). The molecule has 0 radical (unpaired) electrons. The van der Waals surface area contributed by atoms with Gasteiger partial charge in [-0.05, 0) is 49.3 Å². The molecule has 1 amide bonds. The maximum absolute atomic E-state index is 12.7. The number of carbonyl (C=O) groups is 1. The number of hydrogen-bond donors (Lipinski definition) is 1. The van der Waals surface area contributed by atoms with Crippen molar-refractivity contribution in [2.75, 3.05) is 36.5 Å². The van der Waals surface area contributed by atoms with Crippen LogP contribution in [0.5, 0.6) is 0 Å². The molecule has 1 saturated heterocycles. The Bertz CT molecular complexity index is 1470. The number of fused-ring (bicyclic) bond motifs is 2. The number of ether oxygens (including phenoxy) is 1. The van der Waals surface area contributed by atoms with E-state index in [2.05, 4.69) is 33.2 Å². The van der Waals surface area contributed by atoms with Crippen molar-refractivity contribution >= 4 is 33.8 Å². The zero-order valence-electron chi connectivity index (χ0n) is 19.7. The highest BCUT2D eigenvalue weighted by atomic mass is 16.5. The summed E-state index contributed by atoms with van der Waals surface area (Å²) in [6.45, 7) is 5.27. The van der Waals surface area contributed by atoms with Crippen LogP contribution in [0.25, 0.3) is 27.8 Å². The normalized spacial score (nSPS) is 20.5. The Kier molecular flexibility index (Phi) is 4.57. The van der Waals surface area contributed by atoms with Crippen LogP contribution in [0.15, 0.2) is 36.8 Å². The minimum Gasteiger partial charge on any atom is -0.378 e. The van der Waals surface area contributed by atoms with Crippen LogP contribution in [0.2, 0.25) is 0 Å². The fourth-order valence-corrected chi connectivity index (χ4v) is 5.36. The highest BCUT2D eigenvalue weighted by Gasteiger charge is 2.65. The molecule has 0 bridgehead atoms. The topological polar surface area (TPSA) is 97.5 Å². The summed E-state index contributed by atoms with van der Waals surface area (Å²) in [5, 5.41) is 9.75. The van der Waals surface area contributed by atoms with Gasteiger partial charge in [-0.25, -0.2) is 14.5 Å². The van der Waals surface area contributed by atoms with Crippen LogP contribution in [-0.2, 0) is 16.0 Å². The third kappa shape index (κ3) is 3.53. The molecule has 5 heterocycles. The average Bonchev–Trinajstić information content (AvgIpc) is 3.79. The van der Waals surface area contributed by atoms with Gasteiger partial charge in [0.2, 0.25) is 5.91 Å². The number of nitrogens with one attached hydrogen (secondary N) is 1. The van der Waals surface area contributed by atoms with Crippen molar-refractivity contribution in [2.24, 2.45) is 11.3 Å². The van der Waals surface area contributed by atoms with Gasteiger partial charge in [-0.15, -0.1) is 5.10 Å². The number of rotatable bonds is 5. The third-order valence-electron chi connectivity index (χ3n) is 7.77. The first-order chi connectivity index (χ1) is 17.1. The molecule has 0 aromatic carbocycles. The number of pyridine rings is 3. The van der Waals surface area contributed by atoms with Gasteiger partial charge in [-0.1, -0.05) is 6.92 Å². The molecule has 4 aromatic heterocycles. The van der Waals surface area contributed by atoms with E-state index in [0.29, 0.717) is 17.1 Å². The van der Waals surface area contributed by atoms with E-state index in [1.54, 1.807) is 0 Å². The Labute approximate surface area is 202 Å².